The minimum atomic E-state index is -0.465. The van der Waals surface area contributed by atoms with E-state index >= 15 is 0 Å². The Bertz CT molecular complexity index is 404. The number of nitrogens with zero attached hydrogens (tertiary/aromatic N) is 1. The smallest absolute Gasteiger partial charge is 0.407 e. The van der Waals surface area contributed by atoms with Crippen molar-refractivity contribution in [3.63, 3.8) is 0 Å². The molecule has 1 saturated heterocycles. The molecule has 1 fully saturated rings. The third-order valence-electron chi connectivity index (χ3n) is 2.53. The first kappa shape index (κ1) is 11.1. The standard InChI is InChI=1S/C10H12BNO4/c1-8-3-4-9(7-10(8)12(13)14)11-15-5-2-6-16-11/h3-4,7H,2,5-6H2,1H3. The topological polar surface area (TPSA) is 61.6 Å². The number of hydrogen-bond acceptors (Lipinski definition) is 4. The van der Waals surface area contributed by atoms with Gasteiger partial charge in [-0.3, -0.25) is 10.1 Å². The minimum Gasteiger partial charge on any atom is -0.407 e. The first-order valence-corrected chi connectivity index (χ1v) is 5.16. The van der Waals surface area contributed by atoms with Crippen LogP contribution in [0.3, 0.4) is 0 Å². The quantitative estimate of drug-likeness (QED) is 0.425. The van der Waals surface area contributed by atoms with Crippen LogP contribution >= 0.6 is 0 Å². The molecule has 1 aromatic carbocycles. The molecule has 0 aliphatic carbocycles. The zero-order valence-corrected chi connectivity index (χ0v) is 9.01. The highest BCUT2D eigenvalue weighted by Crippen LogP contribution is 2.16. The largest absolute Gasteiger partial charge is 0.494 e. The van der Waals surface area contributed by atoms with Crippen molar-refractivity contribution in [2.75, 3.05) is 13.2 Å². The van der Waals surface area contributed by atoms with Crippen LogP contribution in [0.2, 0.25) is 0 Å². The normalized spacial score (nSPS) is 16.2. The summed E-state index contributed by atoms with van der Waals surface area (Å²) in [6.07, 6.45) is 0.866. The number of nitro benzene ring substituents is 1. The molecule has 1 aliphatic rings. The van der Waals surface area contributed by atoms with Crippen LogP contribution in [0.25, 0.3) is 0 Å². The lowest BCUT2D eigenvalue weighted by atomic mass is 9.77. The molecule has 0 bridgehead atoms. The van der Waals surface area contributed by atoms with Gasteiger partial charge >= 0.3 is 7.12 Å². The van der Waals surface area contributed by atoms with Crippen molar-refractivity contribution >= 4 is 18.3 Å². The first-order chi connectivity index (χ1) is 7.68. The molecule has 1 heterocycles. The molecule has 0 amide bonds. The molecule has 0 unspecified atom stereocenters. The minimum absolute atomic E-state index is 0.107. The molecule has 0 radical (unpaired) electrons. The molecule has 1 aliphatic heterocycles. The van der Waals surface area contributed by atoms with E-state index in [2.05, 4.69) is 0 Å². The van der Waals surface area contributed by atoms with E-state index in [0.717, 1.165) is 6.42 Å². The molecule has 0 atom stereocenters. The third kappa shape index (κ3) is 2.23. The Morgan fingerprint density at radius 2 is 2.06 bits per heavy atom. The molecular weight excluding hydrogens is 209 g/mol. The lowest BCUT2D eigenvalue weighted by Gasteiger charge is -2.19. The molecule has 1 aromatic rings. The van der Waals surface area contributed by atoms with Gasteiger partial charge in [0.15, 0.2) is 0 Å². The van der Waals surface area contributed by atoms with E-state index in [1.54, 1.807) is 19.1 Å². The lowest BCUT2D eigenvalue weighted by Crippen LogP contribution is -2.40. The maximum absolute atomic E-state index is 10.8. The maximum atomic E-state index is 10.8. The average molecular weight is 221 g/mol. The van der Waals surface area contributed by atoms with E-state index in [0.29, 0.717) is 24.2 Å². The van der Waals surface area contributed by atoms with Gasteiger partial charge in [-0.2, -0.15) is 0 Å². The van der Waals surface area contributed by atoms with Crippen LogP contribution in [0.15, 0.2) is 18.2 Å². The maximum Gasteiger partial charge on any atom is 0.494 e. The van der Waals surface area contributed by atoms with Crippen molar-refractivity contribution in [2.24, 2.45) is 0 Å². The molecule has 6 heteroatoms. The second-order valence-electron chi connectivity index (χ2n) is 3.73. The van der Waals surface area contributed by atoms with Crippen molar-refractivity contribution in [1.29, 1.82) is 0 Å². The van der Waals surface area contributed by atoms with Crippen molar-refractivity contribution in [3.8, 4) is 0 Å². The number of benzene rings is 1. The van der Waals surface area contributed by atoms with Gasteiger partial charge in [0.2, 0.25) is 0 Å². The van der Waals surface area contributed by atoms with Gasteiger partial charge in [0.1, 0.15) is 0 Å². The Balaban J connectivity index is 2.27. The molecule has 0 N–H and O–H groups in total. The van der Waals surface area contributed by atoms with Crippen molar-refractivity contribution in [3.05, 3.63) is 33.9 Å². The van der Waals surface area contributed by atoms with Crippen molar-refractivity contribution < 1.29 is 14.2 Å². The Morgan fingerprint density at radius 3 is 2.69 bits per heavy atom. The van der Waals surface area contributed by atoms with Gasteiger partial charge in [0.25, 0.3) is 5.69 Å². The highest BCUT2D eigenvalue weighted by atomic mass is 16.6. The number of rotatable bonds is 2. The van der Waals surface area contributed by atoms with Crippen molar-refractivity contribution in [2.45, 2.75) is 13.3 Å². The van der Waals surface area contributed by atoms with Crippen LogP contribution in [-0.4, -0.2) is 25.3 Å². The molecule has 16 heavy (non-hydrogen) atoms. The van der Waals surface area contributed by atoms with Crippen LogP contribution < -0.4 is 5.46 Å². The number of nitro groups is 1. The van der Waals surface area contributed by atoms with Gasteiger partial charge < -0.3 is 9.31 Å². The van der Waals surface area contributed by atoms with E-state index in [1.165, 1.54) is 6.07 Å². The molecule has 5 nitrogen and oxygen atoms in total. The Hall–Kier alpha value is -1.40. The van der Waals surface area contributed by atoms with Crippen LogP contribution in [-0.2, 0) is 9.31 Å². The van der Waals surface area contributed by atoms with Gasteiger partial charge in [-0.15, -0.1) is 0 Å². The van der Waals surface area contributed by atoms with Crippen LogP contribution in [0.1, 0.15) is 12.0 Å². The van der Waals surface area contributed by atoms with Crippen LogP contribution in [0.4, 0.5) is 5.69 Å². The van der Waals surface area contributed by atoms with Crippen LogP contribution in [0.5, 0.6) is 0 Å². The fourth-order valence-electron chi connectivity index (χ4n) is 1.65. The molecule has 0 aromatic heterocycles. The summed E-state index contributed by atoms with van der Waals surface area (Å²) in [5.41, 5.74) is 1.46. The van der Waals surface area contributed by atoms with E-state index in [4.69, 9.17) is 9.31 Å². The highest BCUT2D eigenvalue weighted by Gasteiger charge is 2.26. The summed E-state index contributed by atoms with van der Waals surface area (Å²) in [7, 11) is -0.465. The highest BCUT2D eigenvalue weighted by molar-refractivity contribution is 6.61. The Kier molecular flexibility index (Phi) is 3.21. The first-order valence-electron chi connectivity index (χ1n) is 5.16. The summed E-state index contributed by atoms with van der Waals surface area (Å²) >= 11 is 0. The van der Waals surface area contributed by atoms with E-state index in [9.17, 15) is 10.1 Å². The second-order valence-corrected chi connectivity index (χ2v) is 3.73. The monoisotopic (exact) mass is 221 g/mol. The summed E-state index contributed by atoms with van der Waals surface area (Å²) in [5.74, 6) is 0. The summed E-state index contributed by atoms with van der Waals surface area (Å²) in [5, 5.41) is 10.8. The summed E-state index contributed by atoms with van der Waals surface area (Å²) in [6, 6.07) is 5.04. The summed E-state index contributed by atoms with van der Waals surface area (Å²) in [6.45, 7) is 2.98. The molecule has 84 valence electrons. The Labute approximate surface area is 93.7 Å². The zero-order valence-electron chi connectivity index (χ0n) is 9.01. The third-order valence-corrected chi connectivity index (χ3v) is 2.53. The molecular formula is C10H12BNO4. The van der Waals surface area contributed by atoms with E-state index < -0.39 is 7.12 Å². The van der Waals surface area contributed by atoms with Gasteiger partial charge in [-0.1, -0.05) is 12.1 Å². The van der Waals surface area contributed by atoms with Crippen molar-refractivity contribution in [1.82, 2.24) is 0 Å². The van der Waals surface area contributed by atoms with E-state index in [1.807, 2.05) is 0 Å². The fraction of sp³-hybridized carbons (Fsp3) is 0.400. The fourth-order valence-corrected chi connectivity index (χ4v) is 1.65. The van der Waals surface area contributed by atoms with Gasteiger partial charge in [-0.25, -0.2) is 0 Å². The Morgan fingerprint density at radius 1 is 1.38 bits per heavy atom. The number of aryl methyl sites for hydroxylation is 1. The lowest BCUT2D eigenvalue weighted by molar-refractivity contribution is -0.385. The van der Waals surface area contributed by atoms with Gasteiger partial charge in [0.05, 0.1) is 4.92 Å². The molecule has 2 rings (SSSR count). The zero-order chi connectivity index (χ0) is 11.5. The molecule has 0 spiro atoms. The van der Waals surface area contributed by atoms with Crippen LogP contribution in [0, 0.1) is 17.0 Å². The summed E-state index contributed by atoms with van der Waals surface area (Å²) in [4.78, 5) is 10.4. The predicted molar refractivity (Wildman–Crippen MR) is 59.7 cm³/mol. The summed E-state index contributed by atoms with van der Waals surface area (Å²) < 4.78 is 10.8. The van der Waals surface area contributed by atoms with Gasteiger partial charge in [-0.05, 0) is 18.8 Å². The number of hydrogen-bond donors (Lipinski definition) is 0. The second kappa shape index (κ2) is 4.63. The predicted octanol–water partition coefficient (Wildman–Crippen LogP) is 1.04. The average Bonchev–Trinajstić information content (AvgIpc) is 2.30. The van der Waals surface area contributed by atoms with Gasteiger partial charge in [0, 0.05) is 24.8 Å². The van der Waals surface area contributed by atoms with E-state index in [-0.39, 0.29) is 10.6 Å². The molecule has 0 saturated carbocycles. The SMILES string of the molecule is Cc1ccc(B2OCCCO2)cc1[N+](=O)[O-].